The summed E-state index contributed by atoms with van der Waals surface area (Å²) in [6.45, 7) is 8.79. The number of ether oxygens (including phenoxy) is 1. The number of rotatable bonds is 8. The van der Waals surface area contributed by atoms with E-state index in [-0.39, 0.29) is 36.1 Å². The molecule has 0 aromatic carbocycles. The molecule has 1 amide bonds. The van der Waals surface area contributed by atoms with E-state index in [1.165, 1.54) is 0 Å². The number of carbonyl (C=O) groups is 1. The Kier molecular flexibility index (Phi) is 13.0. The van der Waals surface area contributed by atoms with Crippen LogP contribution in [0.15, 0.2) is 4.99 Å². The molecule has 0 saturated carbocycles. The zero-order valence-corrected chi connectivity index (χ0v) is 19.4. The number of nitrogens with two attached hydrogens (primary N) is 1. The van der Waals surface area contributed by atoms with Gasteiger partial charge in [0.2, 0.25) is 0 Å². The summed E-state index contributed by atoms with van der Waals surface area (Å²) in [6.07, 6.45) is 3.79. The molecule has 154 valence electrons. The van der Waals surface area contributed by atoms with Gasteiger partial charge in [-0.05, 0) is 39.8 Å². The lowest BCUT2D eigenvalue weighted by Crippen LogP contribution is -2.49. The van der Waals surface area contributed by atoms with Gasteiger partial charge < -0.3 is 25.6 Å². The van der Waals surface area contributed by atoms with E-state index < -0.39 is 0 Å². The molecular weight excluding hydrogens is 445 g/mol. The summed E-state index contributed by atoms with van der Waals surface area (Å²) in [5, 5.41) is 3.31. The van der Waals surface area contributed by atoms with Crippen LogP contribution in [0, 0.1) is 5.92 Å². The predicted octanol–water partition coefficient (Wildman–Crippen LogP) is 2.50. The molecule has 0 aliphatic carbocycles. The zero-order valence-electron chi connectivity index (χ0n) is 17.0. The standard InChI is InChI=1S/C18H37N5O2.HI/c1-6-14(7-2)16(22(4)5)13-20-17(19)21-15-9-11-23(12-10-15)18(24)25-8-3;/h14-16H,6-13H2,1-5H3,(H3,19,20,21);1H. The Hall–Kier alpha value is -0.770. The highest BCUT2D eigenvalue weighted by Gasteiger charge is 2.24. The molecule has 0 aromatic rings. The number of halogens is 1. The SMILES string of the molecule is CCOC(=O)N1CCC(NC(N)=NCC(C(CC)CC)N(C)C)CC1.I. The van der Waals surface area contributed by atoms with E-state index in [9.17, 15) is 4.79 Å². The maximum Gasteiger partial charge on any atom is 0.409 e. The molecule has 1 atom stereocenters. The Balaban J connectivity index is 0.00000625. The number of amides is 1. The first-order valence-corrected chi connectivity index (χ1v) is 9.57. The molecule has 1 saturated heterocycles. The maximum absolute atomic E-state index is 11.7. The smallest absolute Gasteiger partial charge is 0.409 e. The number of hydrogen-bond acceptors (Lipinski definition) is 4. The van der Waals surface area contributed by atoms with Gasteiger partial charge in [-0.25, -0.2) is 4.79 Å². The van der Waals surface area contributed by atoms with Crippen molar-refractivity contribution in [3.05, 3.63) is 0 Å². The lowest BCUT2D eigenvalue weighted by atomic mass is 9.93. The van der Waals surface area contributed by atoms with Crippen LogP contribution in [0.5, 0.6) is 0 Å². The Morgan fingerprint density at radius 3 is 2.31 bits per heavy atom. The van der Waals surface area contributed by atoms with E-state index in [2.05, 4.69) is 43.2 Å². The average molecular weight is 483 g/mol. The van der Waals surface area contributed by atoms with Crippen LogP contribution in [0.25, 0.3) is 0 Å². The highest BCUT2D eigenvalue weighted by molar-refractivity contribution is 14.0. The Bertz CT molecular complexity index is 422. The molecule has 0 spiro atoms. The molecule has 1 rings (SSSR count). The van der Waals surface area contributed by atoms with Crippen molar-refractivity contribution in [2.75, 3.05) is 40.3 Å². The van der Waals surface area contributed by atoms with Gasteiger partial charge in [0.05, 0.1) is 13.2 Å². The molecule has 0 aromatic heterocycles. The largest absolute Gasteiger partial charge is 0.450 e. The summed E-state index contributed by atoms with van der Waals surface area (Å²) in [5.41, 5.74) is 6.09. The van der Waals surface area contributed by atoms with Gasteiger partial charge in [0.15, 0.2) is 5.96 Å². The Morgan fingerprint density at radius 2 is 1.85 bits per heavy atom. The third-order valence-corrected chi connectivity index (χ3v) is 5.08. The normalized spacial score (nSPS) is 17.2. The van der Waals surface area contributed by atoms with Crippen LogP contribution in [-0.4, -0.2) is 74.3 Å². The summed E-state index contributed by atoms with van der Waals surface area (Å²) >= 11 is 0. The van der Waals surface area contributed by atoms with Gasteiger partial charge in [-0.15, -0.1) is 24.0 Å². The van der Waals surface area contributed by atoms with Gasteiger partial charge in [0.25, 0.3) is 0 Å². The van der Waals surface area contributed by atoms with Crippen LogP contribution in [0.3, 0.4) is 0 Å². The summed E-state index contributed by atoms with van der Waals surface area (Å²) in [5.74, 6) is 1.13. The van der Waals surface area contributed by atoms with Crippen LogP contribution in [-0.2, 0) is 4.74 Å². The second-order valence-corrected chi connectivity index (χ2v) is 6.94. The third kappa shape index (κ3) is 8.28. The number of guanidine groups is 1. The lowest BCUT2D eigenvalue weighted by molar-refractivity contribution is 0.0963. The molecule has 1 fully saturated rings. The summed E-state index contributed by atoms with van der Waals surface area (Å²) in [4.78, 5) is 20.3. The van der Waals surface area contributed by atoms with E-state index >= 15 is 0 Å². The van der Waals surface area contributed by atoms with E-state index in [0.717, 1.165) is 25.7 Å². The fourth-order valence-corrected chi connectivity index (χ4v) is 3.43. The average Bonchev–Trinajstić information content (AvgIpc) is 2.59. The van der Waals surface area contributed by atoms with Crippen LogP contribution in [0.4, 0.5) is 4.79 Å². The minimum absolute atomic E-state index is 0. The summed E-state index contributed by atoms with van der Waals surface area (Å²) in [7, 11) is 4.21. The molecule has 26 heavy (non-hydrogen) atoms. The molecule has 1 aliphatic rings. The highest BCUT2D eigenvalue weighted by Crippen LogP contribution is 2.17. The Morgan fingerprint density at radius 1 is 1.27 bits per heavy atom. The number of likely N-dealkylation sites (N-methyl/N-ethyl adjacent to an activating group) is 1. The van der Waals surface area contributed by atoms with Gasteiger partial charge in [0, 0.05) is 25.2 Å². The molecule has 0 radical (unpaired) electrons. The first kappa shape index (κ1) is 25.2. The molecule has 3 N–H and O–H groups in total. The second-order valence-electron chi connectivity index (χ2n) is 6.94. The highest BCUT2D eigenvalue weighted by atomic mass is 127. The minimum atomic E-state index is -0.221. The van der Waals surface area contributed by atoms with E-state index in [4.69, 9.17) is 10.5 Å². The molecule has 7 nitrogen and oxygen atoms in total. The molecule has 0 bridgehead atoms. The van der Waals surface area contributed by atoms with Crippen LogP contribution in [0.1, 0.15) is 46.5 Å². The minimum Gasteiger partial charge on any atom is -0.450 e. The van der Waals surface area contributed by atoms with Gasteiger partial charge in [-0.2, -0.15) is 0 Å². The summed E-state index contributed by atoms with van der Waals surface area (Å²) in [6, 6.07) is 0.668. The molecule has 1 aliphatic heterocycles. The number of carbonyl (C=O) groups excluding carboxylic acids is 1. The topological polar surface area (TPSA) is 83.2 Å². The fourth-order valence-electron chi connectivity index (χ4n) is 3.43. The second kappa shape index (κ2) is 13.4. The third-order valence-electron chi connectivity index (χ3n) is 5.08. The molecular formula is C18H38IN5O2. The van der Waals surface area contributed by atoms with Crippen molar-refractivity contribution in [1.82, 2.24) is 15.1 Å². The van der Waals surface area contributed by atoms with Crippen LogP contribution in [0.2, 0.25) is 0 Å². The fraction of sp³-hybridized carbons (Fsp3) is 0.889. The van der Waals surface area contributed by atoms with Gasteiger partial charge in [-0.1, -0.05) is 26.7 Å². The van der Waals surface area contributed by atoms with E-state index in [1.54, 1.807) is 4.90 Å². The number of aliphatic imine (C=N–C) groups is 1. The van der Waals surface area contributed by atoms with Gasteiger partial charge >= 0.3 is 6.09 Å². The number of nitrogens with zero attached hydrogens (tertiary/aromatic N) is 3. The lowest BCUT2D eigenvalue weighted by Gasteiger charge is -2.32. The van der Waals surface area contributed by atoms with Gasteiger partial charge in [-0.3, -0.25) is 4.99 Å². The van der Waals surface area contributed by atoms with Crippen molar-refractivity contribution in [3.8, 4) is 0 Å². The molecule has 1 unspecified atom stereocenters. The van der Waals surface area contributed by atoms with Crippen molar-refractivity contribution in [3.63, 3.8) is 0 Å². The van der Waals surface area contributed by atoms with E-state index in [1.807, 2.05) is 6.92 Å². The first-order valence-electron chi connectivity index (χ1n) is 9.57. The number of likely N-dealkylation sites (tertiary alicyclic amines) is 1. The van der Waals surface area contributed by atoms with Crippen LogP contribution >= 0.6 is 24.0 Å². The maximum atomic E-state index is 11.7. The predicted molar refractivity (Wildman–Crippen MR) is 118 cm³/mol. The van der Waals surface area contributed by atoms with Crippen molar-refractivity contribution >= 4 is 36.0 Å². The first-order chi connectivity index (χ1) is 11.9. The van der Waals surface area contributed by atoms with E-state index in [0.29, 0.717) is 44.2 Å². The quantitative estimate of drug-likeness (QED) is 0.315. The molecule has 1 heterocycles. The van der Waals surface area contributed by atoms with Crippen molar-refractivity contribution in [1.29, 1.82) is 0 Å². The number of hydrogen-bond donors (Lipinski definition) is 2. The number of nitrogens with one attached hydrogen (secondary N) is 1. The van der Waals surface area contributed by atoms with Crippen molar-refractivity contribution < 1.29 is 9.53 Å². The van der Waals surface area contributed by atoms with Gasteiger partial charge in [0.1, 0.15) is 0 Å². The monoisotopic (exact) mass is 483 g/mol. The van der Waals surface area contributed by atoms with Crippen LogP contribution < -0.4 is 11.1 Å². The zero-order chi connectivity index (χ0) is 18.8. The number of piperidine rings is 1. The summed E-state index contributed by atoms with van der Waals surface area (Å²) < 4.78 is 5.04. The Labute approximate surface area is 176 Å². The van der Waals surface area contributed by atoms with Crippen molar-refractivity contribution in [2.45, 2.75) is 58.5 Å². The molecule has 8 heteroatoms. The van der Waals surface area contributed by atoms with Crippen molar-refractivity contribution in [2.24, 2.45) is 16.6 Å².